The summed E-state index contributed by atoms with van der Waals surface area (Å²) >= 11 is 7.19. The molecule has 0 spiro atoms. The van der Waals surface area contributed by atoms with Crippen LogP contribution in [0.1, 0.15) is 11.1 Å². The number of aromatic nitrogens is 1. The van der Waals surface area contributed by atoms with Gasteiger partial charge in [-0.05, 0) is 35.4 Å². The molecule has 2 aromatic carbocycles. The van der Waals surface area contributed by atoms with E-state index in [1.54, 1.807) is 48.0 Å². The zero-order valence-electron chi connectivity index (χ0n) is 14.6. The first-order valence-electron chi connectivity index (χ1n) is 8.32. The molecule has 2 amide bonds. The number of nitrogens with one attached hydrogen (secondary N) is 2. The number of benzene rings is 2. The number of carbonyl (C=O) groups is 2. The predicted octanol–water partition coefficient (Wildman–Crippen LogP) is 4.61. The topological polar surface area (TPSA) is 71.1 Å². The largest absolute Gasteiger partial charge is 0.318 e. The molecule has 0 fully saturated rings. The van der Waals surface area contributed by atoms with Gasteiger partial charge in [-0.15, -0.1) is 11.3 Å². The van der Waals surface area contributed by atoms with Gasteiger partial charge in [-0.2, -0.15) is 0 Å². The summed E-state index contributed by atoms with van der Waals surface area (Å²) in [5, 5.41) is 8.08. The second-order valence-electron chi connectivity index (χ2n) is 5.63. The summed E-state index contributed by atoms with van der Waals surface area (Å²) in [4.78, 5) is 29.0. The van der Waals surface area contributed by atoms with Crippen LogP contribution in [0.4, 0.5) is 5.13 Å². The number of thiazole rings is 1. The molecule has 0 saturated heterocycles. The maximum absolute atomic E-state index is 12.6. The third kappa shape index (κ3) is 5.90. The number of amides is 2. The van der Waals surface area contributed by atoms with Crippen molar-refractivity contribution >= 4 is 52.0 Å². The normalized spacial score (nSPS) is 11.4. The lowest BCUT2D eigenvalue weighted by Gasteiger charge is -2.08. The van der Waals surface area contributed by atoms with E-state index >= 15 is 0 Å². The third-order valence-corrected chi connectivity index (χ3v) is 4.50. The van der Waals surface area contributed by atoms with E-state index in [9.17, 15) is 9.59 Å². The van der Waals surface area contributed by atoms with Crippen LogP contribution in [0.15, 0.2) is 77.9 Å². The van der Waals surface area contributed by atoms with Crippen molar-refractivity contribution < 1.29 is 9.59 Å². The van der Waals surface area contributed by atoms with Crippen molar-refractivity contribution in [1.82, 2.24) is 10.3 Å². The number of carbonyl (C=O) groups excluding carboxylic acids is 2. The van der Waals surface area contributed by atoms with Gasteiger partial charge in [0.05, 0.1) is 0 Å². The Morgan fingerprint density at radius 3 is 2.43 bits per heavy atom. The molecule has 5 nitrogen and oxygen atoms in total. The zero-order valence-corrected chi connectivity index (χ0v) is 16.2. The molecule has 7 heteroatoms. The summed E-state index contributed by atoms with van der Waals surface area (Å²) in [6.07, 6.45) is 6.22. The Labute approximate surface area is 171 Å². The Morgan fingerprint density at radius 2 is 1.75 bits per heavy atom. The molecule has 0 saturated carbocycles. The number of rotatable bonds is 6. The first kappa shape index (κ1) is 19.5. The SMILES string of the molecule is O=C(/C=C/c1ccccc1)N/C(=C\c1ccc(Cl)cc1)C(=O)Nc1nccs1. The quantitative estimate of drug-likeness (QED) is 0.584. The summed E-state index contributed by atoms with van der Waals surface area (Å²) < 4.78 is 0. The predicted molar refractivity (Wildman–Crippen MR) is 114 cm³/mol. The van der Waals surface area contributed by atoms with E-state index in [0.717, 1.165) is 11.1 Å². The molecule has 0 unspecified atom stereocenters. The molecular weight excluding hydrogens is 394 g/mol. The molecule has 0 aliphatic carbocycles. The fraction of sp³-hybridized carbons (Fsp3) is 0. The Kier molecular flexibility index (Phi) is 6.73. The lowest BCUT2D eigenvalue weighted by atomic mass is 10.2. The van der Waals surface area contributed by atoms with Crippen LogP contribution in [-0.4, -0.2) is 16.8 Å². The summed E-state index contributed by atoms with van der Waals surface area (Å²) in [7, 11) is 0. The fourth-order valence-electron chi connectivity index (χ4n) is 2.24. The lowest BCUT2D eigenvalue weighted by molar-refractivity contribution is -0.118. The smallest absolute Gasteiger partial charge is 0.273 e. The van der Waals surface area contributed by atoms with Crippen molar-refractivity contribution in [2.45, 2.75) is 0 Å². The Morgan fingerprint density at radius 1 is 1.00 bits per heavy atom. The summed E-state index contributed by atoms with van der Waals surface area (Å²) in [6.45, 7) is 0. The second kappa shape index (κ2) is 9.64. The Bertz CT molecular complexity index is 998. The van der Waals surface area contributed by atoms with Crippen molar-refractivity contribution in [2.75, 3.05) is 5.32 Å². The molecule has 3 rings (SSSR count). The number of hydrogen-bond donors (Lipinski definition) is 2. The minimum absolute atomic E-state index is 0.0974. The van der Waals surface area contributed by atoms with E-state index in [0.29, 0.717) is 10.2 Å². The third-order valence-electron chi connectivity index (χ3n) is 3.56. The average molecular weight is 410 g/mol. The second-order valence-corrected chi connectivity index (χ2v) is 6.97. The summed E-state index contributed by atoms with van der Waals surface area (Å²) in [6, 6.07) is 16.3. The van der Waals surface area contributed by atoms with Gasteiger partial charge in [0.15, 0.2) is 5.13 Å². The van der Waals surface area contributed by atoms with Gasteiger partial charge in [0.2, 0.25) is 5.91 Å². The van der Waals surface area contributed by atoms with E-state index in [2.05, 4.69) is 15.6 Å². The molecule has 3 aromatic rings. The number of anilines is 1. The van der Waals surface area contributed by atoms with Gasteiger partial charge >= 0.3 is 0 Å². The van der Waals surface area contributed by atoms with Crippen molar-refractivity contribution in [3.05, 3.63) is 94.1 Å². The zero-order chi connectivity index (χ0) is 19.8. The van der Waals surface area contributed by atoms with Crippen LogP contribution in [0.5, 0.6) is 0 Å². The summed E-state index contributed by atoms with van der Waals surface area (Å²) in [5.74, 6) is -0.885. The maximum Gasteiger partial charge on any atom is 0.273 e. The molecule has 0 aliphatic heterocycles. The van der Waals surface area contributed by atoms with E-state index in [4.69, 9.17) is 11.6 Å². The van der Waals surface area contributed by atoms with Gasteiger partial charge in [0, 0.05) is 22.7 Å². The Balaban J connectivity index is 1.78. The van der Waals surface area contributed by atoms with Gasteiger partial charge in [-0.1, -0.05) is 54.1 Å². The van der Waals surface area contributed by atoms with Crippen LogP contribution in [0.25, 0.3) is 12.2 Å². The molecule has 0 atom stereocenters. The molecule has 140 valence electrons. The van der Waals surface area contributed by atoms with E-state index in [1.165, 1.54) is 17.4 Å². The monoisotopic (exact) mass is 409 g/mol. The number of hydrogen-bond acceptors (Lipinski definition) is 4. The van der Waals surface area contributed by atoms with Crippen molar-refractivity contribution in [3.8, 4) is 0 Å². The van der Waals surface area contributed by atoms with Crippen molar-refractivity contribution in [1.29, 1.82) is 0 Å². The van der Waals surface area contributed by atoms with Crippen LogP contribution in [0.3, 0.4) is 0 Å². The first-order chi connectivity index (χ1) is 13.6. The van der Waals surface area contributed by atoms with Gasteiger partial charge in [-0.25, -0.2) is 4.98 Å². The van der Waals surface area contributed by atoms with Crippen LogP contribution in [-0.2, 0) is 9.59 Å². The maximum atomic E-state index is 12.6. The average Bonchev–Trinajstić information content (AvgIpc) is 3.21. The van der Waals surface area contributed by atoms with Crippen molar-refractivity contribution in [3.63, 3.8) is 0 Å². The standard InChI is InChI=1S/C21H16ClN3O2S/c22-17-9-6-16(7-10-17)14-18(20(27)25-21-23-12-13-28-21)24-19(26)11-8-15-4-2-1-3-5-15/h1-14H,(H,24,26)(H,23,25,27)/b11-8+,18-14-. The van der Waals surface area contributed by atoms with Crippen LogP contribution < -0.4 is 10.6 Å². The summed E-state index contributed by atoms with van der Waals surface area (Å²) in [5.41, 5.74) is 1.70. The lowest BCUT2D eigenvalue weighted by Crippen LogP contribution is -2.29. The molecule has 28 heavy (non-hydrogen) atoms. The highest BCUT2D eigenvalue weighted by Crippen LogP contribution is 2.15. The number of nitrogens with zero attached hydrogens (tertiary/aromatic N) is 1. The minimum atomic E-state index is -0.466. The van der Waals surface area contributed by atoms with Gasteiger partial charge in [-0.3, -0.25) is 14.9 Å². The molecule has 1 heterocycles. The highest BCUT2D eigenvalue weighted by atomic mass is 35.5. The highest BCUT2D eigenvalue weighted by molar-refractivity contribution is 7.13. The van der Waals surface area contributed by atoms with Crippen LogP contribution >= 0.6 is 22.9 Å². The number of halogens is 1. The van der Waals surface area contributed by atoms with E-state index in [-0.39, 0.29) is 5.70 Å². The highest BCUT2D eigenvalue weighted by Gasteiger charge is 2.13. The molecule has 2 N–H and O–H groups in total. The Hall–Kier alpha value is -3.22. The van der Waals surface area contributed by atoms with Crippen LogP contribution in [0.2, 0.25) is 5.02 Å². The van der Waals surface area contributed by atoms with Crippen LogP contribution in [0, 0.1) is 0 Å². The minimum Gasteiger partial charge on any atom is -0.318 e. The molecule has 0 bridgehead atoms. The molecule has 0 aliphatic rings. The first-order valence-corrected chi connectivity index (χ1v) is 9.58. The molecule has 0 radical (unpaired) electrons. The molecule has 1 aromatic heterocycles. The van der Waals surface area contributed by atoms with Gasteiger partial charge in [0.1, 0.15) is 5.70 Å². The fourth-order valence-corrected chi connectivity index (χ4v) is 2.89. The van der Waals surface area contributed by atoms with E-state index < -0.39 is 11.8 Å². The molecular formula is C21H16ClN3O2S. The van der Waals surface area contributed by atoms with Crippen molar-refractivity contribution in [2.24, 2.45) is 0 Å². The van der Waals surface area contributed by atoms with Gasteiger partial charge < -0.3 is 5.32 Å². The van der Waals surface area contributed by atoms with Gasteiger partial charge in [0.25, 0.3) is 5.91 Å². The van der Waals surface area contributed by atoms with E-state index in [1.807, 2.05) is 30.3 Å².